The highest BCUT2D eigenvalue weighted by Crippen LogP contribution is 2.19. The van der Waals surface area contributed by atoms with Crippen molar-refractivity contribution in [3.63, 3.8) is 0 Å². The van der Waals surface area contributed by atoms with Crippen LogP contribution < -0.4 is 4.74 Å². The first-order valence-corrected chi connectivity index (χ1v) is 10.5. The molecule has 7 heteroatoms. The molecule has 2 aromatic rings. The number of carbonyl (C=O) groups excluding carboxylic acids is 1. The summed E-state index contributed by atoms with van der Waals surface area (Å²) in [7, 11) is -3.52. The highest BCUT2D eigenvalue weighted by atomic mass is 32.2. The van der Waals surface area contributed by atoms with Crippen LogP contribution in [-0.2, 0) is 14.8 Å². The van der Waals surface area contributed by atoms with Crippen molar-refractivity contribution in [3.8, 4) is 5.75 Å². The first-order chi connectivity index (χ1) is 13.0. The first-order valence-electron chi connectivity index (χ1n) is 9.08. The van der Waals surface area contributed by atoms with Crippen LogP contribution in [0.2, 0.25) is 0 Å². The van der Waals surface area contributed by atoms with E-state index >= 15 is 0 Å². The highest BCUT2D eigenvalue weighted by Gasteiger charge is 2.32. The molecule has 0 aromatic heterocycles. The Morgan fingerprint density at radius 3 is 2.07 bits per heavy atom. The molecule has 27 heavy (non-hydrogen) atoms. The smallest absolute Gasteiger partial charge is 0.263 e. The van der Waals surface area contributed by atoms with E-state index in [0.29, 0.717) is 25.3 Å². The summed E-state index contributed by atoms with van der Waals surface area (Å²) in [6.45, 7) is 3.19. The van der Waals surface area contributed by atoms with E-state index in [1.54, 1.807) is 35.2 Å². The van der Waals surface area contributed by atoms with E-state index in [2.05, 4.69) is 0 Å². The van der Waals surface area contributed by atoms with Crippen molar-refractivity contribution in [1.29, 1.82) is 0 Å². The lowest BCUT2D eigenvalue weighted by molar-refractivity contribution is -0.140. The van der Waals surface area contributed by atoms with Crippen LogP contribution in [0.4, 0.5) is 0 Å². The second-order valence-corrected chi connectivity index (χ2v) is 8.31. The van der Waals surface area contributed by atoms with E-state index in [4.69, 9.17) is 4.74 Å². The summed E-state index contributed by atoms with van der Waals surface area (Å²) < 4.78 is 32.6. The fourth-order valence-electron chi connectivity index (χ4n) is 3.07. The summed E-state index contributed by atoms with van der Waals surface area (Å²) in [5.74, 6) is 0.557. The Labute approximate surface area is 160 Å². The number of hydrogen-bond acceptors (Lipinski definition) is 4. The fourth-order valence-corrected chi connectivity index (χ4v) is 4.51. The van der Waals surface area contributed by atoms with E-state index in [1.165, 1.54) is 4.31 Å². The van der Waals surface area contributed by atoms with E-state index in [0.717, 1.165) is 0 Å². The van der Waals surface area contributed by atoms with Crippen molar-refractivity contribution in [1.82, 2.24) is 9.21 Å². The summed E-state index contributed by atoms with van der Waals surface area (Å²) in [5.41, 5.74) is 0. The Hall–Kier alpha value is -2.38. The molecule has 0 spiro atoms. The monoisotopic (exact) mass is 388 g/mol. The predicted molar refractivity (Wildman–Crippen MR) is 103 cm³/mol. The maximum Gasteiger partial charge on any atom is 0.263 e. The molecule has 1 fully saturated rings. The molecule has 1 atom stereocenters. The van der Waals surface area contributed by atoms with Crippen LogP contribution in [0.1, 0.15) is 13.3 Å². The lowest BCUT2D eigenvalue weighted by Crippen LogP contribution is -2.53. The number of para-hydroxylation sites is 1. The van der Waals surface area contributed by atoms with Gasteiger partial charge in [-0.2, -0.15) is 4.31 Å². The van der Waals surface area contributed by atoms with Crippen LogP contribution in [0.15, 0.2) is 65.6 Å². The van der Waals surface area contributed by atoms with Crippen LogP contribution in [0.5, 0.6) is 5.75 Å². The van der Waals surface area contributed by atoms with Gasteiger partial charge in [0.2, 0.25) is 10.0 Å². The molecule has 0 saturated carbocycles. The van der Waals surface area contributed by atoms with Gasteiger partial charge < -0.3 is 9.64 Å². The Bertz CT molecular complexity index is 848. The zero-order valence-electron chi connectivity index (χ0n) is 15.3. The van der Waals surface area contributed by atoms with Crippen molar-refractivity contribution in [3.05, 3.63) is 60.7 Å². The zero-order valence-corrected chi connectivity index (χ0v) is 16.1. The largest absolute Gasteiger partial charge is 0.481 e. The normalized spacial score (nSPS) is 16.7. The molecule has 1 aliphatic rings. The summed E-state index contributed by atoms with van der Waals surface area (Å²) in [6, 6.07) is 17.6. The number of rotatable bonds is 6. The Balaban J connectivity index is 1.62. The van der Waals surface area contributed by atoms with Crippen LogP contribution in [-0.4, -0.2) is 55.8 Å². The maximum atomic E-state index is 12.8. The second kappa shape index (κ2) is 8.54. The quantitative estimate of drug-likeness (QED) is 0.762. The minimum atomic E-state index is -3.52. The maximum absolute atomic E-state index is 12.8. The number of amides is 1. The van der Waals surface area contributed by atoms with E-state index < -0.39 is 16.1 Å². The number of ether oxygens (including phenoxy) is 1. The van der Waals surface area contributed by atoms with Gasteiger partial charge in [-0.15, -0.1) is 0 Å². The van der Waals surface area contributed by atoms with Gasteiger partial charge in [0.15, 0.2) is 6.10 Å². The number of nitrogens with zero attached hydrogens (tertiary/aromatic N) is 2. The first kappa shape index (κ1) is 19.4. The highest BCUT2D eigenvalue weighted by molar-refractivity contribution is 7.89. The molecule has 144 valence electrons. The molecule has 3 rings (SSSR count). The van der Waals surface area contributed by atoms with Crippen molar-refractivity contribution in [2.45, 2.75) is 24.3 Å². The second-order valence-electron chi connectivity index (χ2n) is 6.37. The molecular formula is C20H24N2O4S. The summed E-state index contributed by atoms with van der Waals surface area (Å²) >= 11 is 0. The topological polar surface area (TPSA) is 66.9 Å². The minimum absolute atomic E-state index is 0.0990. The Morgan fingerprint density at radius 2 is 1.52 bits per heavy atom. The average molecular weight is 388 g/mol. The van der Waals surface area contributed by atoms with Gasteiger partial charge in [-0.25, -0.2) is 8.42 Å². The van der Waals surface area contributed by atoms with Gasteiger partial charge in [0, 0.05) is 26.2 Å². The summed E-state index contributed by atoms with van der Waals surface area (Å²) in [4.78, 5) is 14.8. The van der Waals surface area contributed by atoms with Crippen LogP contribution in [0.25, 0.3) is 0 Å². The van der Waals surface area contributed by atoms with Gasteiger partial charge in [0.25, 0.3) is 5.91 Å². The molecule has 0 aliphatic carbocycles. The van der Waals surface area contributed by atoms with Crippen molar-refractivity contribution >= 4 is 15.9 Å². The lowest BCUT2D eigenvalue weighted by Gasteiger charge is -2.35. The number of carbonyl (C=O) groups is 1. The summed E-state index contributed by atoms with van der Waals surface area (Å²) in [6.07, 6.45) is -0.0133. The average Bonchev–Trinajstić information content (AvgIpc) is 2.73. The third-order valence-electron chi connectivity index (χ3n) is 4.60. The van der Waals surface area contributed by atoms with Gasteiger partial charge in [-0.1, -0.05) is 43.3 Å². The van der Waals surface area contributed by atoms with Crippen molar-refractivity contribution < 1.29 is 17.9 Å². The Kier molecular flexibility index (Phi) is 6.13. The number of benzene rings is 2. The molecule has 1 saturated heterocycles. The molecule has 1 heterocycles. The third kappa shape index (κ3) is 4.48. The van der Waals surface area contributed by atoms with Crippen LogP contribution >= 0.6 is 0 Å². The SMILES string of the molecule is CC[C@@H](Oc1ccccc1)C(=O)N1CCN(S(=O)(=O)c2ccccc2)CC1. The van der Waals surface area contributed by atoms with Gasteiger partial charge in [-0.3, -0.25) is 4.79 Å². The lowest BCUT2D eigenvalue weighted by atomic mass is 10.2. The predicted octanol–water partition coefficient (Wildman–Crippen LogP) is 2.38. The molecular weight excluding hydrogens is 364 g/mol. The van der Waals surface area contributed by atoms with E-state index in [9.17, 15) is 13.2 Å². The molecule has 0 unspecified atom stereocenters. The van der Waals surface area contributed by atoms with Crippen LogP contribution in [0.3, 0.4) is 0 Å². The molecule has 1 amide bonds. The van der Waals surface area contributed by atoms with E-state index in [-0.39, 0.29) is 23.9 Å². The molecule has 0 bridgehead atoms. The van der Waals surface area contributed by atoms with Gasteiger partial charge in [-0.05, 0) is 30.7 Å². The van der Waals surface area contributed by atoms with Gasteiger partial charge in [0.1, 0.15) is 5.75 Å². The number of sulfonamides is 1. The van der Waals surface area contributed by atoms with Crippen molar-refractivity contribution in [2.75, 3.05) is 26.2 Å². The molecule has 2 aromatic carbocycles. The Morgan fingerprint density at radius 1 is 0.963 bits per heavy atom. The van der Waals surface area contributed by atoms with Gasteiger partial charge in [0.05, 0.1) is 4.90 Å². The van der Waals surface area contributed by atoms with Crippen LogP contribution in [0, 0.1) is 0 Å². The molecule has 0 N–H and O–H groups in total. The van der Waals surface area contributed by atoms with E-state index in [1.807, 2.05) is 37.3 Å². The molecule has 6 nitrogen and oxygen atoms in total. The third-order valence-corrected chi connectivity index (χ3v) is 6.51. The molecule has 0 radical (unpaired) electrons. The zero-order chi connectivity index (χ0) is 19.3. The summed E-state index contributed by atoms with van der Waals surface area (Å²) in [5, 5.41) is 0. The fraction of sp³-hybridized carbons (Fsp3) is 0.350. The number of piperazine rings is 1. The molecule has 1 aliphatic heterocycles. The van der Waals surface area contributed by atoms with Crippen molar-refractivity contribution in [2.24, 2.45) is 0 Å². The minimum Gasteiger partial charge on any atom is -0.481 e. The number of hydrogen-bond donors (Lipinski definition) is 0. The standard InChI is InChI=1S/C20H24N2O4S/c1-2-19(26-17-9-5-3-6-10-17)20(23)21-13-15-22(16-14-21)27(24,25)18-11-7-4-8-12-18/h3-12,19H,2,13-16H2,1H3/t19-/m1/s1. The van der Waals surface area contributed by atoms with Gasteiger partial charge >= 0.3 is 0 Å².